The van der Waals surface area contributed by atoms with Crippen molar-refractivity contribution < 1.29 is 9.90 Å². The molecule has 0 unspecified atom stereocenters. The van der Waals surface area contributed by atoms with E-state index in [4.69, 9.17) is 0 Å². The van der Waals surface area contributed by atoms with Gasteiger partial charge >= 0.3 is 5.97 Å². The lowest BCUT2D eigenvalue weighted by Crippen LogP contribution is -2.13. The lowest BCUT2D eigenvalue weighted by Gasteiger charge is -2.20. The fourth-order valence-electron chi connectivity index (χ4n) is 3.08. The van der Waals surface area contributed by atoms with E-state index in [2.05, 4.69) is 51.4 Å². The Morgan fingerprint density at radius 1 is 1.17 bits per heavy atom. The molecule has 0 radical (unpaired) electrons. The minimum atomic E-state index is -0.833. The minimum absolute atomic E-state index is 0.0621. The SMILES string of the molecule is CCCCn1cc(CCC)c2cc(C(C)(C)C)cc(C(=O)O)c21. The standard InChI is InChI=1S/C20H29NO2/c1-6-8-10-21-13-14(9-7-2)16-11-15(20(3,4)5)12-17(18(16)21)19(22)23/h11-13H,6-10H2,1-5H3,(H,22,23). The van der Waals surface area contributed by atoms with Gasteiger partial charge in [0.15, 0.2) is 0 Å². The van der Waals surface area contributed by atoms with E-state index in [0.717, 1.165) is 48.7 Å². The van der Waals surface area contributed by atoms with Crippen LogP contribution in [0, 0.1) is 0 Å². The molecule has 0 bridgehead atoms. The molecule has 0 aliphatic carbocycles. The summed E-state index contributed by atoms with van der Waals surface area (Å²) in [5.41, 5.74) is 3.63. The summed E-state index contributed by atoms with van der Waals surface area (Å²) in [6.07, 6.45) is 6.39. The molecule has 3 heteroatoms. The van der Waals surface area contributed by atoms with Crippen LogP contribution in [0.3, 0.4) is 0 Å². The number of carboxylic acid groups (broad SMARTS) is 1. The molecule has 23 heavy (non-hydrogen) atoms. The molecule has 1 aromatic carbocycles. The van der Waals surface area contributed by atoms with Crippen molar-refractivity contribution in [1.82, 2.24) is 4.57 Å². The van der Waals surface area contributed by atoms with Crippen molar-refractivity contribution in [2.75, 3.05) is 0 Å². The first-order chi connectivity index (χ1) is 10.8. The number of aromatic carboxylic acids is 1. The van der Waals surface area contributed by atoms with Gasteiger partial charge in [-0.1, -0.05) is 47.5 Å². The molecule has 0 spiro atoms. The van der Waals surface area contributed by atoms with Crippen LogP contribution in [0.25, 0.3) is 10.9 Å². The molecular formula is C20H29NO2. The zero-order valence-corrected chi connectivity index (χ0v) is 15.1. The van der Waals surface area contributed by atoms with E-state index >= 15 is 0 Å². The zero-order valence-electron chi connectivity index (χ0n) is 15.1. The lowest BCUT2D eigenvalue weighted by atomic mass is 9.84. The number of carboxylic acids is 1. The molecule has 2 rings (SSSR count). The van der Waals surface area contributed by atoms with Crippen LogP contribution >= 0.6 is 0 Å². The molecule has 0 aliphatic rings. The minimum Gasteiger partial charge on any atom is -0.478 e. The zero-order chi connectivity index (χ0) is 17.2. The van der Waals surface area contributed by atoms with Crippen LogP contribution in [0.4, 0.5) is 0 Å². The second kappa shape index (κ2) is 6.77. The highest BCUT2D eigenvalue weighted by Gasteiger charge is 2.22. The fourth-order valence-corrected chi connectivity index (χ4v) is 3.08. The molecule has 126 valence electrons. The number of hydrogen-bond donors (Lipinski definition) is 1. The Morgan fingerprint density at radius 3 is 2.39 bits per heavy atom. The maximum Gasteiger partial charge on any atom is 0.337 e. The molecule has 1 N–H and O–H groups in total. The van der Waals surface area contributed by atoms with Gasteiger partial charge in [0.05, 0.1) is 11.1 Å². The predicted octanol–water partition coefficient (Wildman–Crippen LogP) is 5.39. The maximum absolute atomic E-state index is 11.9. The number of benzene rings is 1. The third-order valence-corrected chi connectivity index (χ3v) is 4.42. The van der Waals surface area contributed by atoms with Crippen LogP contribution in [-0.4, -0.2) is 15.6 Å². The normalized spacial score (nSPS) is 12.0. The summed E-state index contributed by atoms with van der Waals surface area (Å²) < 4.78 is 2.15. The molecule has 0 amide bonds. The molecule has 0 saturated heterocycles. The van der Waals surface area contributed by atoms with E-state index in [9.17, 15) is 9.90 Å². The Morgan fingerprint density at radius 2 is 1.87 bits per heavy atom. The van der Waals surface area contributed by atoms with Gasteiger partial charge < -0.3 is 9.67 Å². The van der Waals surface area contributed by atoms with Crippen molar-refractivity contribution in [3.05, 3.63) is 35.0 Å². The highest BCUT2D eigenvalue weighted by molar-refractivity contribution is 6.04. The van der Waals surface area contributed by atoms with E-state index in [1.54, 1.807) is 0 Å². The molecule has 0 atom stereocenters. The quantitative estimate of drug-likeness (QED) is 0.776. The van der Waals surface area contributed by atoms with Crippen molar-refractivity contribution in [1.29, 1.82) is 0 Å². The van der Waals surface area contributed by atoms with E-state index < -0.39 is 5.97 Å². The first-order valence-electron chi connectivity index (χ1n) is 8.69. The third kappa shape index (κ3) is 3.60. The van der Waals surface area contributed by atoms with Crippen LogP contribution in [0.2, 0.25) is 0 Å². The highest BCUT2D eigenvalue weighted by Crippen LogP contribution is 2.33. The van der Waals surface area contributed by atoms with Crippen LogP contribution < -0.4 is 0 Å². The van der Waals surface area contributed by atoms with Gasteiger partial charge in [-0.2, -0.15) is 0 Å². The second-order valence-electron chi connectivity index (χ2n) is 7.43. The van der Waals surface area contributed by atoms with Crippen molar-refractivity contribution in [2.24, 2.45) is 0 Å². The molecule has 3 nitrogen and oxygen atoms in total. The Labute approximate surface area is 139 Å². The molecule has 0 fully saturated rings. The fraction of sp³-hybridized carbons (Fsp3) is 0.550. The first-order valence-corrected chi connectivity index (χ1v) is 8.69. The van der Waals surface area contributed by atoms with Crippen molar-refractivity contribution in [2.45, 2.75) is 72.3 Å². The number of aromatic nitrogens is 1. The summed E-state index contributed by atoms with van der Waals surface area (Å²) in [6.45, 7) is 11.6. The van der Waals surface area contributed by atoms with Crippen molar-refractivity contribution in [3.63, 3.8) is 0 Å². The number of nitrogens with zero attached hydrogens (tertiary/aromatic N) is 1. The highest BCUT2D eigenvalue weighted by atomic mass is 16.4. The van der Waals surface area contributed by atoms with E-state index in [-0.39, 0.29) is 5.41 Å². The van der Waals surface area contributed by atoms with Gasteiger partial charge in [0.25, 0.3) is 0 Å². The molecule has 1 heterocycles. The Hall–Kier alpha value is -1.77. The Bertz CT molecular complexity index is 704. The molecular weight excluding hydrogens is 286 g/mol. The summed E-state index contributed by atoms with van der Waals surface area (Å²) in [6, 6.07) is 4.07. The number of hydrogen-bond acceptors (Lipinski definition) is 1. The Balaban J connectivity index is 2.77. The molecule has 1 aromatic heterocycles. The molecule has 2 aromatic rings. The second-order valence-corrected chi connectivity index (χ2v) is 7.43. The number of fused-ring (bicyclic) bond motifs is 1. The monoisotopic (exact) mass is 315 g/mol. The van der Waals surface area contributed by atoms with Gasteiger partial charge in [-0.15, -0.1) is 0 Å². The van der Waals surface area contributed by atoms with Gasteiger partial charge in [-0.05, 0) is 41.5 Å². The van der Waals surface area contributed by atoms with Gasteiger partial charge in [-0.25, -0.2) is 4.79 Å². The largest absolute Gasteiger partial charge is 0.478 e. The summed E-state index contributed by atoms with van der Waals surface area (Å²) >= 11 is 0. The third-order valence-electron chi connectivity index (χ3n) is 4.42. The van der Waals surface area contributed by atoms with Crippen molar-refractivity contribution >= 4 is 16.9 Å². The van der Waals surface area contributed by atoms with Crippen LogP contribution in [0.15, 0.2) is 18.3 Å². The average Bonchev–Trinajstić information content (AvgIpc) is 2.81. The number of carbonyl (C=O) groups is 1. The van der Waals surface area contributed by atoms with E-state index in [1.807, 2.05) is 6.07 Å². The smallest absolute Gasteiger partial charge is 0.337 e. The molecule has 0 aliphatic heterocycles. The number of aryl methyl sites for hydroxylation is 2. The van der Waals surface area contributed by atoms with Crippen molar-refractivity contribution in [3.8, 4) is 0 Å². The lowest BCUT2D eigenvalue weighted by molar-refractivity contribution is 0.0698. The van der Waals surface area contributed by atoms with E-state index in [0.29, 0.717) is 5.56 Å². The summed E-state index contributed by atoms with van der Waals surface area (Å²) in [5.74, 6) is -0.833. The average molecular weight is 315 g/mol. The topological polar surface area (TPSA) is 42.2 Å². The first kappa shape index (κ1) is 17.6. The van der Waals surface area contributed by atoms with Gasteiger partial charge in [0, 0.05) is 18.1 Å². The maximum atomic E-state index is 11.9. The summed E-state index contributed by atoms with van der Waals surface area (Å²) in [4.78, 5) is 11.9. The summed E-state index contributed by atoms with van der Waals surface area (Å²) in [5, 5.41) is 10.9. The van der Waals surface area contributed by atoms with Gasteiger partial charge in [0.1, 0.15) is 0 Å². The number of rotatable bonds is 6. The van der Waals surface area contributed by atoms with Crippen LogP contribution in [0.1, 0.15) is 75.4 Å². The Kier molecular flexibility index (Phi) is 5.18. The van der Waals surface area contributed by atoms with Crippen LogP contribution in [0.5, 0.6) is 0 Å². The molecule has 0 saturated carbocycles. The van der Waals surface area contributed by atoms with E-state index in [1.165, 1.54) is 5.56 Å². The van der Waals surface area contributed by atoms with Gasteiger partial charge in [-0.3, -0.25) is 0 Å². The van der Waals surface area contributed by atoms with Gasteiger partial charge in [0.2, 0.25) is 0 Å². The predicted molar refractivity (Wildman–Crippen MR) is 96.5 cm³/mol. The number of unbranched alkanes of at least 4 members (excludes halogenated alkanes) is 1. The summed E-state index contributed by atoms with van der Waals surface area (Å²) in [7, 11) is 0. The van der Waals surface area contributed by atoms with Crippen LogP contribution in [-0.2, 0) is 18.4 Å².